The van der Waals surface area contributed by atoms with Gasteiger partial charge in [0.05, 0.1) is 17.2 Å². The van der Waals surface area contributed by atoms with Crippen molar-refractivity contribution in [3.63, 3.8) is 0 Å². The molecule has 4 rings (SSSR count). The summed E-state index contributed by atoms with van der Waals surface area (Å²) in [7, 11) is 1.78. The average molecular weight is 422 g/mol. The molecule has 0 aliphatic heterocycles. The summed E-state index contributed by atoms with van der Waals surface area (Å²) in [5.41, 5.74) is 0.741. The van der Waals surface area contributed by atoms with Crippen LogP contribution in [-0.4, -0.2) is 20.3 Å². The fourth-order valence-corrected chi connectivity index (χ4v) is 4.19. The molecule has 8 heteroatoms. The van der Waals surface area contributed by atoms with Gasteiger partial charge in [-0.3, -0.25) is 0 Å². The van der Waals surface area contributed by atoms with Gasteiger partial charge >= 0.3 is 6.18 Å². The van der Waals surface area contributed by atoms with E-state index in [1.165, 1.54) is 6.20 Å². The lowest BCUT2D eigenvalue weighted by atomic mass is 10.1. The van der Waals surface area contributed by atoms with Crippen LogP contribution < -0.4 is 0 Å². The minimum absolute atomic E-state index is 0.267. The maximum Gasteiger partial charge on any atom is 0.433 e. The van der Waals surface area contributed by atoms with Gasteiger partial charge in [0.2, 0.25) is 0 Å². The molecule has 0 bridgehead atoms. The number of imidazole rings is 1. The van der Waals surface area contributed by atoms with Crippen LogP contribution in [0.5, 0.6) is 0 Å². The lowest BCUT2D eigenvalue weighted by Crippen LogP contribution is -2.07. The van der Waals surface area contributed by atoms with Crippen LogP contribution in [0.1, 0.15) is 12.6 Å². The van der Waals surface area contributed by atoms with Crippen molar-refractivity contribution in [1.82, 2.24) is 14.5 Å². The molecule has 0 aliphatic rings. The number of rotatable bonds is 3. The Morgan fingerprint density at radius 2 is 1.89 bits per heavy atom. The van der Waals surface area contributed by atoms with Crippen LogP contribution in [0.4, 0.5) is 13.2 Å². The lowest BCUT2D eigenvalue weighted by molar-refractivity contribution is -0.141. The van der Waals surface area contributed by atoms with Crippen molar-refractivity contribution in [2.75, 3.05) is 5.75 Å². The number of aryl methyl sites for hydroxylation is 1. The number of benzene rings is 2. The summed E-state index contributed by atoms with van der Waals surface area (Å²) in [6.45, 7) is 2.05. The third-order valence-corrected chi connectivity index (χ3v) is 5.67. The summed E-state index contributed by atoms with van der Waals surface area (Å²) in [6, 6.07) is 10.7. The van der Waals surface area contributed by atoms with Crippen LogP contribution in [0.3, 0.4) is 0 Å². The zero-order valence-electron chi connectivity index (χ0n) is 15.0. The molecule has 2 aromatic carbocycles. The molecule has 0 radical (unpaired) electrons. The monoisotopic (exact) mass is 421 g/mol. The summed E-state index contributed by atoms with van der Waals surface area (Å²) in [6.07, 6.45) is -3.28. The number of nitrogens with zero attached hydrogens (tertiary/aromatic N) is 3. The molecule has 0 spiro atoms. The van der Waals surface area contributed by atoms with E-state index in [2.05, 4.69) is 9.97 Å². The molecule has 0 amide bonds. The van der Waals surface area contributed by atoms with Crippen molar-refractivity contribution >= 4 is 45.2 Å². The van der Waals surface area contributed by atoms with Gasteiger partial charge < -0.3 is 4.57 Å². The third-order valence-electron chi connectivity index (χ3n) is 4.50. The van der Waals surface area contributed by atoms with Crippen molar-refractivity contribution in [2.45, 2.75) is 18.0 Å². The number of hydrogen-bond acceptors (Lipinski definition) is 3. The molecular weight excluding hydrogens is 407 g/mol. The molecule has 28 heavy (non-hydrogen) atoms. The fraction of sp³-hybridized carbons (Fsp3) is 0.200. The Morgan fingerprint density at radius 3 is 2.61 bits per heavy atom. The summed E-state index contributed by atoms with van der Waals surface area (Å²) < 4.78 is 40.8. The van der Waals surface area contributed by atoms with Crippen LogP contribution in [0.2, 0.25) is 5.02 Å². The largest absolute Gasteiger partial charge is 0.433 e. The van der Waals surface area contributed by atoms with Crippen molar-refractivity contribution in [2.24, 2.45) is 7.05 Å². The molecule has 144 valence electrons. The first-order valence-electron chi connectivity index (χ1n) is 8.54. The Bertz CT molecular complexity index is 1200. The molecule has 2 aromatic heterocycles. The first-order chi connectivity index (χ1) is 13.3. The Hall–Kier alpha value is -2.25. The molecule has 0 saturated heterocycles. The molecule has 0 atom stereocenters. The number of fused-ring (bicyclic) bond motifs is 2. The minimum Gasteiger partial charge on any atom is -0.326 e. The van der Waals surface area contributed by atoms with Crippen molar-refractivity contribution in [3.8, 4) is 11.4 Å². The van der Waals surface area contributed by atoms with E-state index in [-0.39, 0.29) is 5.52 Å². The number of hydrogen-bond donors (Lipinski definition) is 0. The third kappa shape index (κ3) is 3.33. The number of alkyl halides is 3. The number of thioether (sulfide) groups is 1. The molecule has 0 fully saturated rings. The summed E-state index contributed by atoms with van der Waals surface area (Å²) >= 11 is 7.76. The average Bonchev–Trinajstić information content (AvgIpc) is 2.97. The van der Waals surface area contributed by atoms with Crippen LogP contribution in [0, 0.1) is 0 Å². The first-order valence-corrected chi connectivity index (χ1v) is 9.90. The second-order valence-corrected chi connectivity index (χ2v) is 8.07. The maximum atomic E-state index is 13.0. The molecule has 3 nitrogen and oxygen atoms in total. The Balaban J connectivity index is 1.95. The zero-order valence-corrected chi connectivity index (χ0v) is 16.6. The van der Waals surface area contributed by atoms with Gasteiger partial charge in [-0.1, -0.05) is 24.6 Å². The van der Waals surface area contributed by atoms with Gasteiger partial charge in [-0.15, -0.1) is 11.8 Å². The van der Waals surface area contributed by atoms with E-state index < -0.39 is 11.9 Å². The van der Waals surface area contributed by atoms with E-state index in [0.717, 1.165) is 33.1 Å². The molecule has 4 aromatic rings. The van der Waals surface area contributed by atoms with Gasteiger partial charge in [0, 0.05) is 22.5 Å². The summed E-state index contributed by atoms with van der Waals surface area (Å²) in [5, 5.41) is 2.65. The first kappa shape index (κ1) is 19.1. The second kappa shape index (κ2) is 6.97. The van der Waals surface area contributed by atoms with Crippen molar-refractivity contribution in [3.05, 3.63) is 53.3 Å². The zero-order chi connectivity index (χ0) is 20.1. The number of pyridine rings is 1. The van der Waals surface area contributed by atoms with E-state index in [9.17, 15) is 13.2 Å². The van der Waals surface area contributed by atoms with Crippen molar-refractivity contribution in [1.29, 1.82) is 0 Å². The molecule has 0 aliphatic carbocycles. The molecule has 2 heterocycles. The smallest absolute Gasteiger partial charge is 0.326 e. The van der Waals surface area contributed by atoms with Crippen LogP contribution >= 0.6 is 23.4 Å². The topological polar surface area (TPSA) is 30.7 Å². The van der Waals surface area contributed by atoms with E-state index in [0.29, 0.717) is 16.4 Å². The Labute approximate surface area is 168 Å². The Morgan fingerprint density at radius 1 is 1.11 bits per heavy atom. The standard InChI is InChI=1S/C20H15ClF3N3S/c1-3-28-17-8-12-6-13(21)5-4-11(12)7-14(17)19-26-15-9-18(20(22,23)24)25-10-16(15)27(19)2/h4-10H,3H2,1-2H3. The highest BCUT2D eigenvalue weighted by Crippen LogP contribution is 2.37. The van der Waals surface area contributed by atoms with E-state index >= 15 is 0 Å². The second-order valence-electron chi connectivity index (χ2n) is 6.32. The highest BCUT2D eigenvalue weighted by atomic mass is 35.5. The van der Waals surface area contributed by atoms with Gasteiger partial charge in [-0.2, -0.15) is 13.2 Å². The highest BCUT2D eigenvalue weighted by Gasteiger charge is 2.33. The summed E-state index contributed by atoms with van der Waals surface area (Å²) in [5.74, 6) is 1.45. The quantitative estimate of drug-likeness (QED) is 0.350. The van der Waals surface area contributed by atoms with Crippen LogP contribution in [-0.2, 0) is 13.2 Å². The number of halogens is 4. The molecule has 0 N–H and O–H groups in total. The SMILES string of the molecule is CCSc1cc2cc(Cl)ccc2cc1-c1nc2cc(C(F)(F)F)ncc2n1C. The van der Waals surface area contributed by atoms with E-state index in [4.69, 9.17) is 11.6 Å². The maximum absolute atomic E-state index is 13.0. The molecule has 0 saturated carbocycles. The van der Waals surface area contributed by atoms with E-state index in [1.807, 2.05) is 37.3 Å². The van der Waals surface area contributed by atoms with Gasteiger partial charge in [0.25, 0.3) is 0 Å². The predicted octanol–water partition coefficient (Wildman–Crippen LogP) is 6.57. The van der Waals surface area contributed by atoms with Gasteiger partial charge in [-0.25, -0.2) is 9.97 Å². The van der Waals surface area contributed by atoms with Gasteiger partial charge in [-0.05, 0) is 46.9 Å². The molecular formula is C20H15ClF3N3S. The van der Waals surface area contributed by atoms with Crippen LogP contribution in [0.15, 0.2) is 47.5 Å². The molecule has 0 unspecified atom stereocenters. The predicted molar refractivity (Wildman–Crippen MR) is 108 cm³/mol. The minimum atomic E-state index is -4.50. The van der Waals surface area contributed by atoms with Gasteiger partial charge in [0.15, 0.2) is 0 Å². The van der Waals surface area contributed by atoms with Crippen molar-refractivity contribution < 1.29 is 13.2 Å². The number of aromatic nitrogens is 3. The van der Waals surface area contributed by atoms with E-state index in [1.54, 1.807) is 23.4 Å². The van der Waals surface area contributed by atoms with Gasteiger partial charge in [0.1, 0.15) is 11.5 Å². The lowest BCUT2D eigenvalue weighted by Gasteiger charge is -2.11. The normalized spacial score (nSPS) is 12.2. The summed E-state index contributed by atoms with van der Waals surface area (Å²) in [4.78, 5) is 9.07. The Kier molecular flexibility index (Phi) is 4.75. The van der Waals surface area contributed by atoms with Crippen LogP contribution in [0.25, 0.3) is 33.2 Å². The highest BCUT2D eigenvalue weighted by molar-refractivity contribution is 7.99. The fourth-order valence-electron chi connectivity index (χ4n) is 3.18.